The highest BCUT2D eigenvalue weighted by atomic mass is 16.5. The van der Waals surface area contributed by atoms with E-state index >= 15 is 0 Å². The average molecular weight is 291 g/mol. The fourth-order valence-corrected chi connectivity index (χ4v) is 2.29. The van der Waals surface area contributed by atoms with Crippen LogP contribution in [0.4, 0.5) is 5.69 Å². The molecule has 112 valence electrons. The van der Waals surface area contributed by atoms with Crippen LogP contribution in [0.25, 0.3) is 0 Å². The summed E-state index contributed by atoms with van der Waals surface area (Å²) in [6.45, 7) is 3.70. The van der Waals surface area contributed by atoms with E-state index in [0.717, 1.165) is 0 Å². The smallest absolute Gasteiger partial charge is 0.309 e. The van der Waals surface area contributed by atoms with Gasteiger partial charge in [-0.15, -0.1) is 0 Å². The van der Waals surface area contributed by atoms with Gasteiger partial charge >= 0.3 is 5.97 Å². The fourth-order valence-electron chi connectivity index (χ4n) is 2.29. The summed E-state index contributed by atoms with van der Waals surface area (Å²) < 4.78 is 10.6. The molecular formula is C15H17NO5. The third kappa shape index (κ3) is 3.21. The number of hydrogen-bond acceptors (Lipinski definition) is 5. The Hall–Kier alpha value is -2.37. The number of benzene rings is 1. The second-order valence-electron chi connectivity index (χ2n) is 4.69. The molecule has 1 amide bonds. The Kier molecular flexibility index (Phi) is 4.57. The van der Waals surface area contributed by atoms with Crippen molar-refractivity contribution in [1.29, 1.82) is 0 Å². The van der Waals surface area contributed by atoms with E-state index in [1.165, 1.54) is 11.8 Å². The number of carbonyl (C=O) groups excluding carboxylic acids is 3. The Morgan fingerprint density at radius 2 is 2.24 bits per heavy atom. The molecule has 21 heavy (non-hydrogen) atoms. The van der Waals surface area contributed by atoms with Gasteiger partial charge < -0.3 is 14.4 Å². The maximum atomic E-state index is 11.8. The molecule has 1 aromatic carbocycles. The lowest BCUT2D eigenvalue weighted by Crippen LogP contribution is -2.44. The monoisotopic (exact) mass is 291 g/mol. The van der Waals surface area contributed by atoms with Gasteiger partial charge in [0.25, 0.3) is 0 Å². The summed E-state index contributed by atoms with van der Waals surface area (Å²) in [5, 5.41) is 0. The second kappa shape index (κ2) is 6.39. The van der Waals surface area contributed by atoms with E-state index in [-0.39, 0.29) is 25.5 Å². The van der Waals surface area contributed by atoms with Crippen molar-refractivity contribution in [3.8, 4) is 5.75 Å². The Morgan fingerprint density at radius 3 is 2.86 bits per heavy atom. The molecule has 0 aliphatic carbocycles. The standard InChI is InChI=1S/C15H17NO5/c1-3-20-14(19)7-12-8-16(10(2)18)13-6-4-5-11(9-17)15(13)21-12/h4-6,9,12H,3,7-8H2,1-2H3. The lowest BCUT2D eigenvalue weighted by atomic mass is 10.1. The minimum Gasteiger partial charge on any atom is -0.485 e. The maximum absolute atomic E-state index is 11.8. The molecule has 0 N–H and O–H groups in total. The highest BCUT2D eigenvalue weighted by Gasteiger charge is 2.31. The molecule has 1 aromatic rings. The molecule has 0 bridgehead atoms. The molecule has 1 unspecified atom stereocenters. The first-order valence-corrected chi connectivity index (χ1v) is 6.75. The molecule has 2 rings (SSSR count). The minimum absolute atomic E-state index is 0.0320. The molecule has 0 saturated carbocycles. The molecule has 1 aliphatic rings. The van der Waals surface area contributed by atoms with Crippen molar-refractivity contribution in [2.75, 3.05) is 18.1 Å². The third-order valence-corrected chi connectivity index (χ3v) is 3.19. The highest BCUT2D eigenvalue weighted by Crippen LogP contribution is 2.36. The average Bonchev–Trinajstić information content (AvgIpc) is 2.45. The van der Waals surface area contributed by atoms with E-state index in [0.29, 0.717) is 23.3 Å². The van der Waals surface area contributed by atoms with E-state index in [2.05, 4.69) is 0 Å². The van der Waals surface area contributed by atoms with E-state index in [4.69, 9.17) is 9.47 Å². The number of esters is 1. The number of anilines is 1. The van der Waals surface area contributed by atoms with Crippen LogP contribution in [-0.2, 0) is 14.3 Å². The van der Waals surface area contributed by atoms with Gasteiger partial charge in [-0.1, -0.05) is 6.07 Å². The molecule has 0 fully saturated rings. The van der Waals surface area contributed by atoms with E-state index in [9.17, 15) is 14.4 Å². The molecule has 0 spiro atoms. The van der Waals surface area contributed by atoms with Crippen LogP contribution in [0.3, 0.4) is 0 Å². The summed E-state index contributed by atoms with van der Waals surface area (Å²) >= 11 is 0. The molecule has 1 heterocycles. The number of aldehydes is 1. The Bertz CT molecular complexity index is 569. The Balaban J connectivity index is 2.30. The minimum atomic E-state index is -0.526. The first-order chi connectivity index (χ1) is 10.1. The number of ether oxygens (including phenoxy) is 2. The van der Waals surface area contributed by atoms with Crippen molar-refractivity contribution in [2.45, 2.75) is 26.4 Å². The summed E-state index contributed by atoms with van der Waals surface area (Å²) in [5.74, 6) is -0.224. The zero-order valence-electron chi connectivity index (χ0n) is 12.0. The van der Waals surface area contributed by atoms with Crippen LogP contribution in [-0.4, -0.2) is 37.4 Å². The van der Waals surface area contributed by atoms with Crippen LogP contribution in [0.15, 0.2) is 18.2 Å². The number of nitrogens with zero attached hydrogens (tertiary/aromatic N) is 1. The van der Waals surface area contributed by atoms with Gasteiger partial charge in [-0.25, -0.2) is 0 Å². The SMILES string of the molecule is CCOC(=O)CC1CN(C(C)=O)c2cccc(C=O)c2O1. The van der Waals surface area contributed by atoms with Gasteiger partial charge in [-0.3, -0.25) is 14.4 Å². The van der Waals surface area contributed by atoms with Crippen molar-refractivity contribution in [1.82, 2.24) is 0 Å². The van der Waals surface area contributed by atoms with Crippen LogP contribution in [0.2, 0.25) is 0 Å². The summed E-state index contributed by atoms with van der Waals surface area (Å²) in [6, 6.07) is 5.01. The van der Waals surface area contributed by atoms with Gasteiger partial charge in [-0.2, -0.15) is 0 Å². The Labute approximate surface area is 122 Å². The number of fused-ring (bicyclic) bond motifs is 1. The van der Waals surface area contributed by atoms with Crippen LogP contribution in [0.5, 0.6) is 5.75 Å². The van der Waals surface area contributed by atoms with Crippen molar-refractivity contribution >= 4 is 23.9 Å². The number of amides is 1. The largest absolute Gasteiger partial charge is 0.485 e. The number of carbonyl (C=O) groups is 3. The lowest BCUT2D eigenvalue weighted by molar-refractivity contribution is -0.145. The van der Waals surface area contributed by atoms with Gasteiger partial charge in [0.05, 0.1) is 30.8 Å². The van der Waals surface area contributed by atoms with Gasteiger partial charge in [0.1, 0.15) is 6.10 Å². The summed E-state index contributed by atoms with van der Waals surface area (Å²) in [4.78, 5) is 36.0. The number of para-hydroxylation sites is 1. The quantitative estimate of drug-likeness (QED) is 0.622. The molecule has 0 radical (unpaired) electrons. The first kappa shape index (κ1) is 15.0. The summed E-state index contributed by atoms with van der Waals surface area (Å²) in [6.07, 6.45) is 0.176. The highest BCUT2D eigenvalue weighted by molar-refractivity contribution is 5.96. The molecular weight excluding hydrogens is 274 g/mol. The van der Waals surface area contributed by atoms with Gasteiger partial charge in [0.2, 0.25) is 5.91 Å². The summed E-state index contributed by atoms with van der Waals surface area (Å²) in [7, 11) is 0. The predicted octanol–water partition coefficient (Wildman–Crippen LogP) is 1.57. The zero-order chi connectivity index (χ0) is 15.4. The maximum Gasteiger partial charge on any atom is 0.309 e. The normalized spacial score (nSPS) is 16.7. The van der Waals surface area contributed by atoms with Crippen LogP contribution < -0.4 is 9.64 Å². The van der Waals surface area contributed by atoms with Crippen molar-refractivity contribution in [3.05, 3.63) is 23.8 Å². The van der Waals surface area contributed by atoms with E-state index in [1.807, 2.05) is 0 Å². The molecule has 1 aliphatic heterocycles. The first-order valence-electron chi connectivity index (χ1n) is 6.75. The zero-order valence-corrected chi connectivity index (χ0v) is 12.0. The molecule has 6 heteroatoms. The van der Waals surface area contributed by atoms with Gasteiger partial charge in [-0.05, 0) is 19.1 Å². The lowest BCUT2D eigenvalue weighted by Gasteiger charge is -2.34. The van der Waals surface area contributed by atoms with Crippen molar-refractivity contribution in [3.63, 3.8) is 0 Å². The topological polar surface area (TPSA) is 72.9 Å². The molecule has 0 aromatic heterocycles. The predicted molar refractivity (Wildman–Crippen MR) is 75.5 cm³/mol. The second-order valence-corrected chi connectivity index (χ2v) is 4.69. The molecule has 1 atom stereocenters. The molecule has 0 saturated heterocycles. The summed E-state index contributed by atoms with van der Waals surface area (Å²) in [5.41, 5.74) is 0.902. The van der Waals surface area contributed by atoms with Crippen LogP contribution in [0, 0.1) is 0 Å². The van der Waals surface area contributed by atoms with Crippen molar-refractivity contribution in [2.24, 2.45) is 0 Å². The van der Waals surface area contributed by atoms with Crippen molar-refractivity contribution < 1.29 is 23.9 Å². The van der Waals surface area contributed by atoms with Crippen LogP contribution in [0.1, 0.15) is 30.6 Å². The molecule has 6 nitrogen and oxygen atoms in total. The fraction of sp³-hybridized carbons (Fsp3) is 0.400. The van der Waals surface area contributed by atoms with E-state index < -0.39 is 12.1 Å². The van der Waals surface area contributed by atoms with Crippen LogP contribution >= 0.6 is 0 Å². The third-order valence-electron chi connectivity index (χ3n) is 3.19. The number of rotatable bonds is 4. The number of hydrogen-bond donors (Lipinski definition) is 0. The Morgan fingerprint density at radius 1 is 1.48 bits per heavy atom. The van der Waals surface area contributed by atoms with Gasteiger partial charge in [0, 0.05) is 6.92 Å². The van der Waals surface area contributed by atoms with E-state index in [1.54, 1.807) is 25.1 Å². The van der Waals surface area contributed by atoms with Gasteiger partial charge in [0.15, 0.2) is 12.0 Å².